The van der Waals surface area contributed by atoms with Crippen LogP contribution in [0.3, 0.4) is 0 Å². The molecule has 1 unspecified atom stereocenters. The van der Waals surface area contributed by atoms with Gasteiger partial charge in [0.1, 0.15) is 0 Å². The Balaban J connectivity index is 1.55. The molecule has 0 saturated heterocycles. The monoisotopic (exact) mass is 319 g/mol. The molecule has 2 aromatic rings. The maximum absolute atomic E-state index is 5.98. The maximum Gasteiger partial charge on any atom is 0.0406 e. The van der Waals surface area contributed by atoms with Crippen LogP contribution in [0.4, 0.5) is 0 Å². The van der Waals surface area contributed by atoms with E-state index in [1.54, 1.807) is 0 Å². The Hall–Kier alpha value is -0.830. The van der Waals surface area contributed by atoms with E-state index in [0.29, 0.717) is 5.92 Å². The van der Waals surface area contributed by atoms with E-state index in [0.717, 1.165) is 24.0 Å². The van der Waals surface area contributed by atoms with Crippen molar-refractivity contribution in [2.45, 2.75) is 38.1 Å². The van der Waals surface area contributed by atoms with Crippen LogP contribution in [0.5, 0.6) is 0 Å². The van der Waals surface area contributed by atoms with Crippen LogP contribution in [-0.2, 0) is 12.8 Å². The van der Waals surface area contributed by atoms with Crippen molar-refractivity contribution < 1.29 is 0 Å². The molecule has 1 aliphatic rings. The van der Waals surface area contributed by atoms with Crippen LogP contribution in [0.15, 0.2) is 41.8 Å². The molecule has 0 bridgehead atoms. The van der Waals surface area contributed by atoms with Gasteiger partial charge in [-0.15, -0.1) is 11.3 Å². The first-order valence-electron chi connectivity index (χ1n) is 7.80. The van der Waals surface area contributed by atoms with Gasteiger partial charge in [0.25, 0.3) is 0 Å². The van der Waals surface area contributed by atoms with Crippen LogP contribution >= 0.6 is 22.9 Å². The van der Waals surface area contributed by atoms with Crippen LogP contribution in [0.1, 0.15) is 29.7 Å². The second-order valence-electron chi connectivity index (χ2n) is 6.00. The fraction of sp³-hybridized carbons (Fsp3) is 0.444. The van der Waals surface area contributed by atoms with Crippen molar-refractivity contribution in [3.05, 3.63) is 57.2 Å². The predicted molar refractivity (Wildman–Crippen MR) is 92.3 cm³/mol. The Labute approximate surface area is 136 Å². The lowest BCUT2D eigenvalue weighted by atomic mass is 9.94. The molecule has 1 heterocycles. The SMILES string of the molecule is Clc1ccc(CC(CCc2cccs2)CNC2CC2)cc1. The molecule has 1 aliphatic carbocycles. The Morgan fingerprint density at radius 1 is 1.19 bits per heavy atom. The summed E-state index contributed by atoms with van der Waals surface area (Å²) in [6.45, 7) is 1.14. The molecule has 1 atom stereocenters. The maximum atomic E-state index is 5.98. The summed E-state index contributed by atoms with van der Waals surface area (Å²) >= 11 is 7.85. The van der Waals surface area contributed by atoms with Gasteiger partial charge in [-0.2, -0.15) is 0 Å². The van der Waals surface area contributed by atoms with E-state index >= 15 is 0 Å². The van der Waals surface area contributed by atoms with Crippen LogP contribution in [0.2, 0.25) is 5.02 Å². The number of benzene rings is 1. The first kappa shape index (κ1) is 15.1. The molecular formula is C18H22ClNS. The van der Waals surface area contributed by atoms with E-state index in [4.69, 9.17) is 11.6 Å². The molecule has 112 valence electrons. The molecule has 1 N–H and O–H groups in total. The van der Waals surface area contributed by atoms with Gasteiger partial charge in [0.15, 0.2) is 0 Å². The summed E-state index contributed by atoms with van der Waals surface area (Å²) in [6, 6.07) is 13.5. The van der Waals surface area contributed by atoms with E-state index in [9.17, 15) is 0 Å². The molecule has 0 aliphatic heterocycles. The normalized spacial score (nSPS) is 16.0. The lowest BCUT2D eigenvalue weighted by molar-refractivity contribution is 0.443. The van der Waals surface area contributed by atoms with Crippen molar-refractivity contribution in [1.82, 2.24) is 5.32 Å². The minimum absolute atomic E-state index is 0.703. The molecule has 3 heteroatoms. The summed E-state index contributed by atoms with van der Waals surface area (Å²) in [7, 11) is 0. The van der Waals surface area contributed by atoms with Crippen molar-refractivity contribution in [3.8, 4) is 0 Å². The summed E-state index contributed by atoms with van der Waals surface area (Å²) in [4.78, 5) is 1.50. The summed E-state index contributed by atoms with van der Waals surface area (Å²) in [5, 5.41) is 6.69. The van der Waals surface area contributed by atoms with Gasteiger partial charge >= 0.3 is 0 Å². The van der Waals surface area contributed by atoms with Crippen molar-refractivity contribution >= 4 is 22.9 Å². The average molecular weight is 320 g/mol. The van der Waals surface area contributed by atoms with E-state index < -0.39 is 0 Å². The summed E-state index contributed by atoms with van der Waals surface area (Å²) < 4.78 is 0. The third-order valence-corrected chi connectivity index (χ3v) is 5.28. The van der Waals surface area contributed by atoms with Crippen LogP contribution in [0.25, 0.3) is 0 Å². The molecular weight excluding hydrogens is 298 g/mol. The lowest BCUT2D eigenvalue weighted by Crippen LogP contribution is -2.26. The zero-order chi connectivity index (χ0) is 14.5. The fourth-order valence-electron chi connectivity index (χ4n) is 2.65. The summed E-state index contributed by atoms with van der Waals surface area (Å²) in [5.41, 5.74) is 1.40. The van der Waals surface area contributed by atoms with Gasteiger partial charge in [-0.1, -0.05) is 29.8 Å². The molecule has 1 saturated carbocycles. The minimum atomic E-state index is 0.703. The number of hydrogen-bond donors (Lipinski definition) is 1. The predicted octanol–water partition coefficient (Wildman–Crippen LogP) is 4.95. The number of halogens is 1. The molecule has 0 spiro atoms. The topological polar surface area (TPSA) is 12.0 Å². The van der Waals surface area contributed by atoms with E-state index in [-0.39, 0.29) is 0 Å². The van der Waals surface area contributed by atoms with Gasteiger partial charge in [-0.25, -0.2) is 0 Å². The molecule has 0 radical (unpaired) electrons. The number of thiophene rings is 1. The highest BCUT2D eigenvalue weighted by atomic mass is 35.5. The quantitative estimate of drug-likeness (QED) is 0.726. The van der Waals surface area contributed by atoms with Gasteiger partial charge in [0, 0.05) is 15.9 Å². The minimum Gasteiger partial charge on any atom is -0.314 e. The Morgan fingerprint density at radius 2 is 2.00 bits per heavy atom. The smallest absolute Gasteiger partial charge is 0.0406 e. The van der Waals surface area contributed by atoms with E-state index in [1.807, 2.05) is 23.5 Å². The van der Waals surface area contributed by atoms with Crippen molar-refractivity contribution in [2.24, 2.45) is 5.92 Å². The molecule has 1 nitrogen and oxygen atoms in total. The lowest BCUT2D eigenvalue weighted by Gasteiger charge is -2.17. The van der Waals surface area contributed by atoms with Crippen molar-refractivity contribution in [3.63, 3.8) is 0 Å². The third kappa shape index (κ3) is 5.14. The molecule has 1 aromatic carbocycles. The number of aryl methyl sites for hydroxylation is 1. The highest BCUT2D eigenvalue weighted by Crippen LogP contribution is 2.22. The van der Waals surface area contributed by atoms with Crippen molar-refractivity contribution in [2.75, 3.05) is 6.54 Å². The summed E-state index contributed by atoms with van der Waals surface area (Å²) in [6.07, 6.45) is 6.31. The largest absolute Gasteiger partial charge is 0.314 e. The second-order valence-corrected chi connectivity index (χ2v) is 7.47. The highest BCUT2D eigenvalue weighted by molar-refractivity contribution is 7.09. The van der Waals surface area contributed by atoms with Crippen LogP contribution < -0.4 is 5.32 Å². The van der Waals surface area contributed by atoms with Gasteiger partial charge < -0.3 is 5.32 Å². The van der Waals surface area contributed by atoms with Crippen molar-refractivity contribution in [1.29, 1.82) is 0 Å². The Bertz CT molecular complexity index is 531. The molecule has 21 heavy (non-hydrogen) atoms. The van der Waals surface area contributed by atoms with Gasteiger partial charge in [-0.05, 0) is 73.7 Å². The average Bonchev–Trinajstić information content (AvgIpc) is 3.18. The number of nitrogens with one attached hydrogen (secondary N) is 1. The highest BCUT2D eigenvalue weighted by Gasteiger charge is 2.22. The fourth-order valence-corrected chi connectivity index (χ4v) is 3.50. The standard InChI is InChI=1S/C18H22ClNS/c19-16-6-3-14(4-7-16)12-15(13-20-17-8-9-17)5-10-18-2-1-11-21-18/h1-4,6-7,11,15,17,20H,5,8-10,12-13H2. The Morgan fingerprint density at radius 3 is 2.67 bits per heavy atom. The van der Waals surface area contributed by atoms with E-state index in [2.05, 4.69) is 35.0 Å². The first-order valence-corrected chi connectivity index (χ1v) is 9.05. The van der Waals surface area contributed by atoms with E-state index in [1.165, 1.54) is 36.1 Å². The zero-order valence-corrected chi connectivity index (χ0v) is 13.8. The second kappa shape index (κ2) is 7.44. The van der Waals surface area contributed by atoms with Gasteiger partial charge in [-0.3, -0.25) is 0 Å². The van der Waals surface area contributed by atoms with Gasteiger partial charge in [0.05, 0.1) is 0 Å². The molecule has 3 rings (SSSR count). The van der Waals surface area contributed by atoms with Crippen LogP contribution in [0, 0.1) is 5.92 Å². The summed E-state index contributed by atoms with van der Waals surface area (Å²) in [5.74, 6) is 0.703. The first-order chi connectivity index (χ1) is 10.3. The third-order valence-electron chi connectivity index (χ3n) is 4.09. The Kier molecular flexibility index (Phi) is 5.34. The zero-order valence-electron chi connectivity index (χ0n) is 12.2. The number of hydrogen-bond acceptors (Lipinski definition) is 2. The van der Waals surface area contributed by atoms with Gasteiger partial charge in [0.2, 0.25) is 0 Å². The molecule has 1 aromatic heterocycles. The molecule has 0 amide bonds. The number of rotatable bonds is 8. The van der Waals surface area contributed by atoms with Crippen LogP contribution in [-0.4, -0.2) is 12.6 Å². The molecule has 1 fully saturated rings.